The van der Waals surface area contributed by atoms with Gasteiger partial charge in [-0.1, -0.05) is 90.9 Å². The van der Waals surface area contributed by atoms with Crippen LogP contribution in [-0.4, -0.2) is 73.4 Å². The third-order valence-corrected chi connectivity index (χ3v) is 10.3. The van der Waals surface area contributed by atoms with Crippen molar-refractivity contribution in [2.45, 2.75) is 252 Å². The van der Waals surface area contributed by atoms with Crippen LogP contribution in [0, 0.1) is 0 Å². The van der Waals surface area contributed by atoms with E-state index in [-0.39, 0.29) is 73.4 Å². The van der Waals surface area contributed by atoms with Crippen LogP contribution in [0.3, 0.4) is 0 Å². The van der Waals surface area contributed by atoms with E-state index in [4.69, 9.17) is 28.4 Å². The summed E-state index contributed by atoms with van der Waals surface area (Å²) in [5.74, 6) is -1.63. The fraction of sp³-hybridized carbons (Fsp3) is 0.872. The minimum Gasteiger partial charge on any atom is -0.466 e. The van der Waals surface area contributed by atoms with E-state index in [0.717, 1.165) is 128 Å². The Kier molecular flexibility index (Phi) is 36.9. The Morgan fingerprint density at radius 2 is 0.576 bits per heavy atom. The lowest BCUT2D eigenvalue weighted by molar-refractivity contribution is -0.151. The molecule has 344 valence electrons. The van der Waals surface area contributed by atoms with Crippen LogP contribution in [0.15, 0.2) is 0 Å². The largest absolute Gasteiger partial charge is 0.466 e. The van der Waals surface area contributed by atoms with Gasteiger partial charge >= 0.3 is 35.8 Å². The first-order chi connectivity index (χ1) is 28.4. The first kappa shape index (κ1) is 55.8. The highest BCUT2D eigenvalue weighted by Gasteiger charge is 2.20. The first-order valence-electron chi connectivity index (χ1n) is 23.4. The van der Waals surface area contributed by atoms with Gasteiger partial charge in [-0.2, -0.15) is 0 Å². The van der Waals surface area contributed by atoms with Gasteiger partial charge in [0.25, 0.3) is 0 Å². The molecule has 0 rings (SSSR count). The maximum absolute atomic E-state index is 12.1. The number of ether oxygens (including phenoxy) is 6. The van der Waals surface area contributed by atoms with E-state index >= 15 is 0 Å². The first-order valence-corrected chi connectivity index (χ1v) is 23.4. The molecule has 0 aromatic carbocycles. The fourth-order valence-electron chi connectivity index (χ4n) is 7.25. The van der Waals surface area contributed by atoms with Crippen LogP contribution in [0.5, 0.6) is 0 Å². The predicted octanol–water partition coefficient (Wildman–Crippen LogP) is 11.2. The molecule has 59 heavy (non-hydrogen) atoms. The number of hydrogen-bond donors (Lipinski definition) is 0. The van der Waals surface area contributed by atoms with Gasteiger partial charge in [0, 0.05) is 47.0 Å². The molecule has 4 unspecified atom stereocenters. The minimum absolute atomic E-state index is 0.144. The van der Waals surface area contributed by atoms with E-state index in [0.29, 0.717) is 44.9 Å². The summed E-state index contributed by atoms with van der Waals surface area (Å²) in [5, 5.41) is 0. The van der Waals surface area contributed by atoms with Crippen LogP contribution in [0.25, 0.3) is 0 Å². The van der Waals surface area contributed by atoms with Crippen LogP contribution in [0.4, 0.5) is 0 Å². The Labute approximate surface area is 357 Å². The Morgan fingerprint density at radius 1 is 0.322 bits per heavy atom. The Morgan fingerprint density at radius 3 is 0.847 bits per heavy atom. The van der Waals surface area contributed by atoms with Crippen molar-refractivity contribution in [2.75, 3.05) is 13.2 Å². The number of hydrogen-bond acceptors (Lipinski definition) is 12. The summed E-state index contributed by atoms with van der Waals surface area (Å²) >= 11 is 0. The van der Waals surface area contributed by atoms with Crippen LogP contribution in [0.1, 0.15) is 228 Å². The lowest BCUT2D eigenvalue weighted by Crippen LogP contribution is -2.22. The molecule has 0 heterocycles. The molecule has 0 bridgehead atoms. The summed E-state index contributed by atoms with van der Waals surface area (Å²) in [6.45, 7) is 10.5. The van der Waals surface area contributed by atoms with Crippen LogP contribution >= 0.6 is 0 Å². The topological polar surface area (TPSA) is 158 Å². The van der Waals surface area contributed by atoms with E-state index in [1.54, 1.807) is 0 Å². The zero-order chi connectivity index (χ0) is 43.9. The van der Waals surface area contributed by atoms with E-state index in [9.17, 15) is 28.8 Å². The van der Waals surface area contributed by atoms with Gasteiger partial charge < -0.3 is 28.4 Å². The average molecular weight is 841 g/mol. The van der Waals surface area contributed by atoms with Crippen molar-refractivity contribution < 1.29 is 57.2 Å². The van der Waals surface area contributed by atoms with Crippen molar-refractivity contribution in [1.82, 2.24) is 0 Å². The summed E-state index contributed by atoms with van der Waals surface area (Å²) in [6, 6.07) is 0. The van der Waals surface area contributed by atoms with E-state index in [2.05, 4.69) is 13.8 Å². The van der Waals surface area contributed by atoms with Gasteiger partial charge in [-0.05, 0) is 89.9 Å². The predicted molar refractivity (Wildman–Crippen MR) is 229 cm³/mol. The molecular weight excluding hydrogens is 757 g/mol. The molecular formula is C47H84O12. The molecule has 0 saturated heterocycles. The van der Waals surface area contributed by atoms with Crippen LogP contribution in [0.2, 0.25) is 0 Å². The fourth-order valence-corrected chi connectivity index (χ4v) is 7.25. The van der Waals surface area contributed by atoms with Gasteiger partial charge in [-0.15, -0.1) is 0 Å². The molecule has 0 aliphatic rings. The molecule has 0 fully saturated rings. The lowest BCUT2D eigenvalue weighted by atomic mass is 10.00. The summed E-state index contributed by atoms with van der Waals surface area (Å²) in [4.78, 5) is 70.8. The maximum Gasteiger partial charge on any atom is 0.305 e. The Hall–Kier alpha value is -3.18. The van der Waals surface area contributed by atoms with E-state index in [1.807, 2.05) is 0 Å². The molecule has 0 amide bonds. The number of unbranched alkanes of at least 4 members (excludes halogenated alkanes) is 14. The van der Waals surface area contributed by atoms with Crippen LogP contribution in [-0.2, 0) is 57.2 Å². The van der Waals surface area contributed by atoms with Gasteiger partial charge in [0.15, 0.2) is 0 Å². The molecule has 12 nitrogen and oxygen atoms in total. The normalized spacial score (nSPS) is 13.1. The zero-order valence-corrected chi connectivity index (χ0v) is 38.1. The SMILES string of the molecule is CCCCCCC(CCC(CCCCCCCC(=O)OCCCOC(=O)CCCCCCCC(CCC(CCCCCC)OC(C)=O)OC(C)=O)OC(C)=O)OC(C)=O. The highest BCUT2D eigenvalue weighted by atomic mass is 16.6. The standard InChI is InChI=1S/C47H84O12/c1-7-9-11-19-26-42(56-38(3)48)32-34-44(58-40(5)50)28-21-15-13-17-23-30-46(52)54-36-25-37-55-47(53)31-24-18-14-16-22-29-45(59-41(6)51)35-33-43(57-39(4)49)27-20-12-10-8-2/h42-45H,7-37H2,1-6H3. The van der Waals surface area contributed by atoms with Gasteiger partial charge in [0.05, 0.1) is 13.2 Å². The number of carbonyl (C=O) groups excluding carboxylic acids is 6. The highest BCUT2D eigenvalue weighted by molar-refractivity contribution is 5.70. The lowest BCUT2D eigenvalue weighted by Gasteiger charge is -2.21. The number of rotatable bonds is 40. The molecule has 0 radical (unpaired) electrons. The highest BCUT2D eigenvalue weighted by Crippen LogP contribution is 2.21. The number of esters is 6. The molecule has 0 saturated carbocycles. The van der Waals surface area contributed by atoms with Gasteiger partial charge in [0.1, 0.15) is 24.4 Å². The van der Waals surface area contributed by atoms with Crippen molar-refractivity contribution in [2.24, 2.45) is 0 Å². The molecule has 0 N–H and O–H groups in total. The van der Waals surface area contributed by atoms with Crippen molar-refractivity contribution in [3.63, 3.8) is 0 Å². The van der Waals surface area contributed by atoms with E-state index in [1.165, 1.54) is 40.5 Å². The van der Waals surface area contributed by atoms with Crippen LogP contribution < -0.4 is 0 Å². The summed E-state index contributed by atoms with van der Waals surface area (Å²) in [7, 11) is 0. The maximum atomic E-state index is 12.1. The molecule has 12 heteroatoms. The quantitative estimate of drug-likeness (QED) is 0.0327. The molecule has 0 spiro atoms. The molecule has 0 aliphatic carbocycles. The molecule has 0 aliphatic heterocycles. The molecule has 0 aromatic heterocycles. The average Bonchev–Trinajstić information content (AvgIpc) is 3.16. The minimum atomic E-state index is -0.296. The van der Waals surface area contributed by atoms with Gasteiger partial charge in [-0.3, -0.25) is 28.8 Å². The van der Waals surface area contributed by atoms with Gasteiger partial charge in [-0.25, -0.2) is 0 Å². The summed E-state index contributed by atoms with van der Waals surface area (Å²) in [6.07, 6.45) is 24.3. The third-order valence-electron chi connectivity index (χ3n) is 10.3. The van der Waals surface area contributed by atoms with Crippen molar-refractivity contribution in [1.29, 1.82) is 0 Å². The zero-order valence-electron chi connectivity index (χ0n) is 38.1. The molecule has 4 atom stereocenters. The smallest absolute Gasteiger partial charge is 0.305 e. The third kappa shape index (κ3) is 38.8. The second-order valence-electron chi connectivity index (χ2n) is 16.2. The molecule has 0 aromatic rings. The monoisotopic (exact) mass is 841 g/mol. The van der Waals surface area contributed by atoms with Crippen molar-refractivity contribution in [3.8, 4) is 0 Å². The second kappa shape index (κ2) is 39.0. The van der Waals surface area contributed by atoms with Crippen molar-refractivity contribution >= 4 is 35.8 Å². The second-order valence-corrected chi connectivity index (χ2v) is 16.2. The Bertz CT molecular complexity index is 1020. The summed E-state index contributed by atoms with van der Waals surface area (Å²) < 4.78 is 32.8. The van der Waals surface area contributed by atoms with Crippen molar-refractivity contribution in [3.05, 3.63) is 0 Å². The number of carbonyl (C=O) groups is 6. The summed E-state index contributed by atoms with van der Waals surface area (Å²) in [5.41, 5.74) is 0. The van der Waals surface area contributed by atoms with Gasteiger partial charge in [0.2, 0.25) is 0 Å². The Balaban J connectivity index is 4.05. The van der Waals surface area contributed by atoms with E-state index < -0.39 is 0 Å².